The van der Waals surface area contributed by atoms with Crippen LogP contribution in [0, 0.1) is 20.2 Å². The number of nitrogens with zero attached hydrogens (tertiary/aromatic N) is 5. The van der Waals surface area contributed by atoms with E-state index < -0.39 is 9.85 Å². The maximum atomic E-state index is 10.9. The summed E-state index contributed by atoms with van der Waals surface area (Å²) in [5, 5.41) is 31.0. The van der Waals surface area contributed by atoms with Gasteiger partial charge in [-0.25, -0.2) is 5.01 Å². The van der Waals surface area contributed by atoms with Crippen LogP contribution in [0.15, 0.2) is 71.5 Å². The number of anilines is 1. The van der Waals surface area contributed by atoms with Crippen molar-refractivity contribution in [2.24, 2.45) is 10.3 Å². The molecule has 0 radical (unpaired) electrons. The second-order valence-corrected chi connectivity index (χ2v) is 4.61. The van der Waals surface area contributed by atoms with Crippen molar-refractivity contribution in [1.82, 2.24) is 0 Å². The number of benzene rings is 2. The third kappa shape index (κ3) is 4.19. The van der Waals surface area contributed by atoms with Crippen molar-refractivity contribution in [3.8, 4) is 0 Å². The van der Waals surface area contributed by atoms with E-state index in [1.54, 1.807) is 18.2 Å². The Morgan fingerprint density at radius 3 is 2.29 bits per heavy atom. The molecule has 0 heterocycles. The van der Waals surface area contributed by atoms with Crippen molar-refractivity contribution in [2.45, 2.75) is 0 Å². The molecule has 0 fully saturated rings. The first-order chi connectivity index (χ1) is 11.5. The van der Waals surface area contributed by atoms with Gasteiger partial charge in [-0.2, -0.15) is 0 Å². The topological polar surface area (TPSA) is 114 Å². The van der Waals surface area contributed by atoms with Crippen molar-refractivity contribution in [1.29, 1.82) is 0 Å². The van der Waals surface area contributed by atoms with E-state index in [1.165, 1.54) is 41.4 Å². The van der Waals surface area contributed by atoms with Crippen LogP contribution in [0.1, 0.15) is 0 Å². The van der Waals surface area contributed by atoms with E-state index in [9.17, 15) is 20.2 Å². The molecule has 0 aromatic heterocycles. The van der Waals surface area contributed by atoms with E-state index in [2.05, 4.69) is 16.9 Å². The number of nitro groups is 2. The SMILES string of the molecule is C=CCN(N=Nc1cccc([N+](=O)[O-])c1)c1cccc([N+](=O)[O-])c1. The van der Waals surface area contributed by atoms with Gasteiger partial charge in [-0.05, 0) is 12.1 Å². The second-order valence-electron chi connectivity index (χ2n) is 4.61. The predicted octanol–water partition coefficient (Wildman–Crippen LogP) is 4.19. The van der Waals surface area contributed by atoms with Crippen molar-refractivity contribution < 1.29 is 9.85 Å². The molecule has 0 spiro atoms. The van der Waals surface area contributed by atoms with Crippen molar-refractivity contribution in [2.75, 3.05) is 11.6 Å². The van der Waals surface area contributed by atoms with E-state index in [-0.39, 0.29) is 17.9 Å². The zero-order chi connectivity index (χ0) is 17.5. The van der Waals surface area contributed by atoms with Crippen LogP contribution < -0.4 is 5.01 Å². The Balaban J connectivity index is 2.29. The maximum Gasteiger partial charge on any atom is 0.271 e. The Hall–Kier alpha value is -3.62. The molecule has 0 unspecified atom stereocenters. The van der Waals surface area contributed by atoms with Gasteiger partial charge >= 0.3 is 0 Å². The minimum Gasteiger partial charge on any atom is -0.258 e. The van der Waals surface area contributed by atoms with Crippen LogP contribution in [-0.4, -0.2) is 16.4 Å². The lowest BCUT2D eigenvalue weighted by Crippen LogP contribution is -2.15. The van der Waals surface area contributed by atoms with Crippen LogP contribution in [0.4, 0.5) is 22.7 Å². The first kappa shape index (κ1) is 16.7. The summed E-state index contributed by atoms with van der Waals surface area (Å²) in [4.78, 5) is 20.6. The summed E-state index contributed by atoms with van der Waals surface area (Å²) in [5.41, 5.74) is 0.575. The summed E-state index contributed by atoms with van der Waals surface area (Å²) in [5.74, 6) is 0. The van der Waals surface area contributed by atoms with Crippen molar-refractivity contribution in [3.05, 3.63) is 81.4 Å². The fourth-order valence-electron chi connectivity index (χ4n) is 1.86. The third-order valence-electron chi connectivity index (χ3n) is 2.95. The van der Waals surface area contributed by atoms with Crippen LogP contribution in [0.5, 0.6) is 0 Å². The Morgan fingerprint density at radius 1 is 1.04 bits per heavy atom. The van der Waals surface area contributed by atoms with Crippen molar-refractivity contribution in [3.63, 3.8) is 0 Å². The molecular formula is C15H13N5O4. The van der Waals surface area contributed by atoms with Gasteiger partial charge in [-0.15, -0.1) is 11.7 Å². The number of nitro benzene ring substituents is 2. The Bertz CT molecular complexity index is 806. The Kier molecular flexibility index (Phi) is 5.29. The minimum atomic E-state index is -0.527. The number of non-ortho nitro benzene ring substituents is 2. The summed E-state index contributed by atoms with van der Waals surface area (Å²) < 4.78 is 0. The fourth-order valence-corrected chi connectivity index (χ4v) is 1.86. The summed E-state index contributed by atoms with van der Waals surface area (Å²) in [6.07, 6.45) is 1.56. The fraction of sp³-hybridized carbons (Fsp3) is 0.0667. The average Bonchev–Trinajstić information content (AvgIpc) is 2.59. The maximum absolute atomic E-state index is 10.9. The van der Waals surface area contributed by atoms with E-state index in [0.717, 1.165) is 0 Å². The summed E-state index contributed by atoms with van der Waals surface area (Å²) >= 11 is 0. The number of hydrogen-bond donors (Lipinski definition) is 0. The van der Waals surface area contributed by atoms with Crippen LogP contribution in [-0.2, 0) is 0 Å². The molecular weight excluding hydrogens is 314 g/mol. The standard InChI is InChI=1S/C15H13N5O4/c1-2-9-18(13-6-4-8-15(11-13)20(23)24)17-16-12-5-3-7-14(10-12)19(21)22/h2-8,10-11H,1,9H2. The quantitative estimate of drug-likeness (QED) is 0.327. The Morgan fingerprint density at radius 2 is 1.67 bits per heavy atom. The first-order valence-electron chi connectivity index (χ1n) is 6.80. The predicted molar refractivity (Wildman–Crippen MR) is 88.3 cm³/mol. The number of hydrogen-bond acceptors (Lipinski definition) is 6. The Labute approximate surface area is 136 Å². The lowest BCUT2D eigenvalue weighted by Gasteiger charge is -2.15. The highest BCUT2D eigenvalue weighted by molar-refractivity contribution is 5.53. The smallest absolute Gasteiger partial charge is 0.258 e. The van der Waals surface area contributed by atoms with E-state index in [4.69, 9.17) is 0 Å². The van der Waals surface area contributed by atoms with Crippen LogP contribution >= 0.6 is 0 Å². The molecule has 2 aromatic rings. The van der Waals surface area contributed by atoms with Crippen molar-refractivity contribution >= 4 is 22.7 Å². The summed E-state index contributed by atoms with van der Waals surface area (Å²) in [6.45, 7) is 3.87. The molecule has 0 bridgehead atoms. The van der Waals surface area contributed by atoms with Gasteiger partial charge in [0.1, 0.15) is 0 Å². The lowest BCUT2D eigenvalue weighted by atomic mass is 10.2. The molecule has 0 aliphatic rings. The van der Waals surface area contributed by atoms with E-state index in [0.29, 0.717) is 11.4 Å². The molecule has 9 nitrogen and oxygen atoms in total. The van der Waals surface area contributed by atoms with Gasteiger partial charge in [-0.3, -0.25) is 20.2 Å². The molecule has 0 saturated heterocycles. The minimum absolute atomic E-state index is 0.0767. The molecule has 2 aromatic carbocycles. The van der Waals surface area contributed by atoms with Gasteiger partial charge in [-0.1, -0.05) is 23.4 Å². The highest BCUT2D eigenvalue weighted by Crippen LogP contribution is 2.24. The lowest BCUT2D eigenvalue weighted by molar-refractivity contribution is -0.385. The first-order valence-corrected chi connectivity index (χ1v) is 6.80. The summed E-state index contributed by atoms with van der Waals surface area (Å²) in [6, 6.07) is 11.6. The molecule has 2 rings (SSSR count). The molecule has 9 heteroatoms. The average molecular weight is 327 g/mol. The molecule has 122 valence electrons. The van der Waals surface area contributed by atoms with Gasteiger partial charge in [0.15, 0.2) is 0 Å². The normalized spacial score (nSPS) is 10.5. The van der Waals surface area contributed by atoms with Gasteiger partial charge in [0.05, 0.1) is 27.8 Å². The van der Waals surface area contributed by atoms with Crippen LogP contribution in [0.2, 0.25) is 0 Å². The van der Waals surface area contributed by atoms with Gasteiger partial charge in [0.2, 0.25) is 0 Å². The molecule has 0 saturated carbocycles. The molecule has 24 heavy (non-hydrogen) atoms. The van der Waals surface area contributed by atoms with E-state index >= 15 is 0 Å². The molecule has 0 atom stereocenters. The van der Waals surface area contributed by atoms with Crippen LogP contribution in [0.25, 0.3) is 0 Å². The zero-order valence-electron chi connectivity index (χ0n) is 12.5. The molecule has 0 aliphatic heterocycles. The highest BCUT2D eigenvalue weighted by Gasteiger charge is 2.11. The second kappa shape index (κ2) is 7.58. The van der Waals surface area contributed by atoms with Crippen LogP contribution in [0.3, 0.4) is 0 Å². The molecule has 0 N–H and O–H groups in total. The van der Waals surface area contributed by atoms with Gasteiger partial charge in [0, 0.05) is 24.3 Å². The largest absolute Gasteiger partial charge is 0.271 e. The zero-order valence-corrected chi connectivity index (χ0v) is 12.5. The molecule has 0 aliphatic carbocycles. The van der Waals surface area contributed by atoms with Gasteiger partial charge in [0.25, 0.3) is 11.4 Å². The monoisotopic (exact) mass is 327 g/mol. The van der Waals surface area contributed by atoms with Gasteiger partial charge < -0.3 is 0 Å². The highest BCUT2D eigenvalue weighted by atomic mass is 16.6. The van der Waals surface area contributed by atoms with E-state index in [1.807, 2.05) is 0 Å². The molecule has 0 amide bonds. The third-order valence-corrected chi connectivity index (χ3v) is 2.95. The summed E-state index contributed by atoms with van der Waals surface area (Å²) in [7, 11) is 0. The number of rotatable bonds is 7.